The lowest BCUT2D eigenvalue weighted by atomic mass is 10.1. The molecule has 0 saturated heterocycles. The van der Waals surface area contributed by atoms with E-state index in [0.717, 1.165) is 24.4 Å². The summed E-state index contributed by atoms with van der Waals surface area (Å²) in [6, 6.07) is 5.56. The van der Waals surface area contributed by atoms with Crippen LogP contribution >= 0.6 is 34.8 Å². The van der Waals surface area contributed by atoms with Gasteiger partial charge in [-0.05, 0) is 30.7 Å². The van der Waals surface area contributed by atoms with Crippen LogP contribution in [0.15, 0.2) is 24.4 Å². The number of rotatable bonds is 5. The SMILES string of the molecule is Cn1c(Cl)cnc1CNCCc1ccc(Cl)cc1Cl. The normalized spacial score (nSPS) is 10.9. The third-order valence-corrected chi connectivity index (χ3v) is 3.84. The van der Waals surface area contributed by atoms with E-state index in [4.69, 9.17) is 34.8 Å². The highest BCUT2D eigenvalue weighted by molar-refractivity contribution is 6.35. The Labute approximate surface area is 127 Å². The van der Waals surface area contributed by atoms with Crippen LogP contribution in [0.5, 0.6) is 0 Å². The van der Waals surface area contributed by atoms with Gasteiger partial charge in [-0.2, -0.15) is 0 Å². The van der Waals surface area contributed by atoms with Crippen molar-refractivity contribution in [3.05, 3.63) is 51.0 Å². The number of imidazole rings is 1. The van der Waals surface area contributed by atoms with E-state index in [2.05, 4.69) is 10.3 Å². The molecule has 0 bridgehead atoms. The number of nitrogens with one attached hydrogen (secondary N) is 1. The number of hydrogen-bond acceptors (Lipinski definition) is 2. The lowest BCUT2D eigenvalue weighted by Gasteiger charge is -2.07. The van der Waals surface area contributed by atoms with Crippen molar-refractivity contribution in [1.29, 1.82) is 0 Å². The van der Waals surface area contributed by atoms with E-state index in [1.54, 1.807) is 12.3 Å². The molecule has 0 amide bonds. The average Bonchev–Trinajstić information content (AvgIpc) is 2.68. The quantitative estimate of drug-likeness (QED) is 0.852. The fourth-order valence-corrected chi connectivity index (χ4v) is 2.39. The van der Waals surface area contributed by atoms with Crippen molar-refractivity contribution < 1.29 is 0 Å². The van der Waals surface area contributed by atoms with Gasteiger partial charge < -0.3 is 9.88 Å². The third kappa shape index (κ3) is 3.86. The molecule has 0 radical (unpaired) electrons. The smallest absolute Gasteiger partial charge is 0.128 e. The largest absolute Gasteiger partial charge is 0.321 e. The van der Waals surface area contributed by atoms with Crippen LogP contribution in [0.4, 0.5) is 0 Å². The molecule has 6 heteroatoms. The van der Waals surface area contributed by atoms with Gasteiger partial charge in [0.2, 0.25) is 0 Å². The molecular formula is C13H14Cl3N3. The van der Waals surface area contributed by atoms with Gasteiger partial charge in [-0.1, -0.05) is 40.9 Å². The molecule has 19 heavy (non-hydrogen) atoms. The Bertz CT molecular complexity index is 566. The minimum absolute atomic E-state index is 0.637. The summed E-state index contributed by atoms with van der Waals surface area (Å²) in [4.78, 5) is 4.21. The summed E-state index contributed by atoms with van der Waals surface area (Å²) in [5.41, 5.74) is 1.08. The van der Waals surface area contributed by atoms with E-state index >= 15 is 0 Å². The highest BCUT2D eigenvalue weighted by atomic mass is 35.5. The number of benzene rings is 1. The maximum atomic E-state index is 6.11. The Kier molecular flexibility index (Phi) is 5.11. The van der Waals surface area contributed by atoms with Gasteiger partial charge in [0.25, 0.3) is 0 Å². The van der Waals surface area contributed by atoms with Crippen LogP contribution in [-0.2, 0) is 20.0 Å². The Morgan fingerprint density at radius 3 is 2.68 bits per heavy atom. The Hall–Kier alpha value is -0.740. The molecule has 1 heterocycles. The van der Waals surface area contributed by atoms with Gasteiger partial charge in [0.1, 0.15) is 11.0 Å². The van der Waals surface area contributed by atoms with Crippen LogP contribution in [0.25, 0.3) is 0 Å². The van der Waals surface area contributed by atoms with Crippen LogP contribution < -0.4 is 5.32 Å². The zero-order valence-corrected chi connectivity index (χ0v) is 12.7. The first-order chi connectivity index (χ1) is 9.08. The van der Waals surface area contributed by atoms with E-state index in [0.29, 0.717) is 21.7 Å². The number of halogens is 3. The van der Waals surface area contributed by atoms with Crippen LogP contribution in [0.2, 0.25) is 15.2 Å². The van der Waals surface area contributed by atoms with Crippen LogP contribution in [0.1, 0.15) is 11.4 Å². The maximum Gasteiger partial charge on any atom is 0.128 e. The summed E-state index contributed by atoms with van der Waals surface area (Å²) in [5.74, 6) is 0.909. The van der Waals surface area contributed by atoms with Crippen molar-refractivity contribution in [2.75, 3.05) is 6.54 Å². The Morgan fingerprint density at radius 2 is 2.05 bits per heavy atom. The first-order valence-electron chi connectivity index (χ1n) is 5.88. The molecule has 0 saturated carbocycles. The second kappa shape index (κ2) is 6.62. The van der Waals surface area contributed by atoms with Crippen LogP contribution in [0, 0.1) is 0 Å². The van der Waals surface area contributed by atoms with E-state index in [1.165, 1.54) is 0 Å². The predicted octanol–water partition coefficient (Wildman–Crippen LogP) is 3.71. The van der Waals surface area contributed by atoms with Gasteiger partial charge >= 0.3 is 0 Å². The summed E-state index contributed by atoms with van der Waals surface area (Å²) in [6.45, 7) is 1.49. The molecule has 0 fully saturated rings. The lowest BCUT2D eigenvalue weighted by Crippen LogP contribution is -2.19. The number of aromatic nitrogens is 2. The molecule has 2 rings (SSSR count). The molecule has 2 aromatic rings. The van der Waals surface area contributed by atoms with E-state index in [9.17, 15) is 0 Å². The van der Waals surface area contributed by atoms with Crippen molar-refractivity contribution in [1.82, 2.24) is 14.9 Å². The van der Waals surface area contributed by atoms with Crippen molar-refractivity contribution in [3.63, 3.8) is 0 Å². The van der Waals surface area contributed by atoms with Gasteiger partial charge in [0.05, 0.1) is 12.7 Å². The highest BCUT2D eigenvalue weighted by Gasteiger charge is 2.04. The second-order valence-corrected chi connectivity index (χ2v) is 5.45. The molecule has 0 atom stereocenters. The molecule has 1 N–H and O–H groups in total. The van der Waals surface area contributed by atoms with Gasteiger partial charge in [-0.15, -0.1) is 0 Å². The lowest BCUT2D eigenvalue weighted by molar-refractivity contribution is 0.638. The molecule has 0 aliphatic carbocycles. The molecule has 0 aliphatic rings. The van der Waals surface area contributed by atoms with Gasteiger partial charge in [-0.25, -0.2) is 4.98 Å². The Balaban J connectivity index is 1.82. The maximum absolute atomic E-state index is 6.11. The standard InChI is InChI=1S/C13H14Cl3N3/c1-19-12(16)7-18-13(19)8-17-5-4-9-2-3-10(14)6-11(9)15/h2-3,6-7,17H,4-5,8H2,1H3. The van der Waals surface area contributed by atoms with Gasteiger partial charge in [-0.3, -0.25) is 0 Å². The van der Waals surface area contributed by atoms with Crippen molar-refractivity contribution in [3.8, 4) is 0 Å². The summed E-state index contributed by atoms with van der Waals surface area (Å²) < 4.78 is 1.85. The van der Waals surface area contributed by atoms with Crippen LogP contribution in [0.3, 0.4) is 0 Å². The first kappa shape index (κ1) is 14.7. The average molecular weight is 319 g/mol. The van der Waals surface area contributed by atoms with Crippen molar-refractivity contribution in [2.24, 2.45) is 7.05 Å². The monoisotopic (exact) mass is 317 g/mol. The van der Waals surface area contributed by atoms with Crippen LogP contribution in [-0.4, -0.2) is 16.1 Å². The van der Waals surface area contributed by atoms with E-state index in [-0.39, 0.29) is 0 Å². The molecule has 1 aromatic carbocycles. The summed E-state index contributed by atoms with van der Waals surface area (Å²) in [7, 11) is 1.89. The zero-order valence-electron chi connectivity index (χ0n) is 10.5. The zero-order chi connectivity index (χ0) is 13.8. The summed E-state index contributed by atoms with van der Waals surface area (Å²) >= 11 is 17.9. The van der Waals surface area contributed by atoms with Gasteiger partial charge in [0.15, 0.2) is 0 Å². The highest BCUT2D eigenvalue weighted by Crippen LogP contribution is 2.21. The predicted molar refractivity (Wildman–Crippen MR) is 80.1 cm³/mol. The van der Waals surface area contributed by atoms with E-state index < -0.39 is 0 Å². The molecule has 102 valence electrons. The molecule has 0 aliphatic heterocycles. The molecule has 0 unspecified atom stereocenters. The molecule has 1 aromatic heterocycles. The summed E-state index contributed by atoms with van der Waals surface area (Å²) in [6.07, 6.45) is 2.49. The second-order valence-electron chi connectivity index (χ2n) is 4.22. The molecular weight excluding hydrogens is 305 g/mol. The molecule has 3 nitrogen and oxygen atoms in total. The minimum atomic E-state index is 0.637. The molecule has 0 spiro atoms. The summed E-state index contributed by atoms with van der Waals surface area (Å²) in [5, 5.41) is 5.31. The first-order valence-corrected chi connectivity index (χ1v) is 7.02. The van der Waals surface area contributed by atoms with Gasteiger partial charge in [0, 0.05) is 17.1 Å². The Morgan fingerprint density at radius 1 is 1.26 bits per heavy atom. The fraction of sp³-hybridized carbons (Fsp3) is 0.308. The van der Waals surface area contributed by atoms with Crippen molar-refractivity contribution >= 4 is 34.8 Å². The van der Waals surface area contributed by atoms with E-state index in [1.807, 2.05) is 23.7 Å². The number of nitrogens with zero attached hydrogens (tertiary/aromatic N) is 2. The number of hydrogen-bond donors (Lipinski definition) is 1. The topological polar surface area (TPSA) is 29.9 Å². The minimum Gasteiger partial charge on any atom is -0.321 e. The fourth-order valence-electron chi connectivity index (χ4n) is 1.74. The van der Waals surface area contributed by atoms with Crippen molar-refractivity contribution in [2.45, 2.75) is 13.0 Å². The third-order valence-electron chi connectivity index (χ3n) is 2.90.